The van der Waals surface area contributed by atoms with Gasteiger partial charge in [0.1, 0.15) is 5.76 Å². The van der Waals surface area contributed by atoms with Crippen LogP contribution in [0.15, 0.2) is 47.1 Å². The lowest BCUT2D eigenvalue weighted by Gasteiger charge is -2.11. The number of furan rings is 1. The number of hydrogen-bond donors (Lipinski definition) is 2. The number of hydrogen-bond acceptors (Lipinski definition) is 3. The Morgan fingerprint density at radius 2 is 1.95 bits per heavy atom. The van der Waals surface area contributed by atoms with Crippen molar-refractivity contribution in [2.24, 2.45) is 0 Å². The summed E-state index contributed by atoms with van der Waals surface area (Å²) in [6.07, 6.45) is 1.76. The van der Waals surface area contributed by atoms with Gasteiger partial charge in [0.05, 0.1) is 12.3 Å². The zero-order valence-corrected chi connectivity index (χ0v) is 12.9. The average Bonchev–Trinajstić information content (AvgIpc) is 3.02. The molecule has 0 unspecified atom stereocenters. The molecule has 2 amide bonds. The Bertz CT molecular complexity index is 623. The van der Waals surface area contributed by atoms with Gasteiger partial charge in [0.2, 0.25) is 5.91 Å². The zero-order chi connectivity index (χ0) is 15.9. The van der Waals surface area contributed by atoms with Crippen molar-refractivity contribution in [1.29, 1.82) is 0 Å². The van der Waals surface area contributed by atoms with E-state index in [0.717, 1.165) is 0 Å². The summed E-state index contributed by atoms with van der Waals surface area (Å²) in [4.78, 5) is 23.6. The Balaban J connectivity index is 1.72. The van der Waals surface area contributed by atoms with Crippen molar-refractivity contribution in [3.63, 3.8) is 0 Å². The van der Waals surface area contributed by atoms with Crippen molar-refractivity contribution in [3.8, 4) is 0 Å². The van der Waals surface area contributed by atoms with Gasteiger partial charge in [0.15, 0.2) is 0 Å². The Hall–Kier alpha value is -2.27. The highest BCUT2D eigenvalue weighted by Crippen LogP contribution is 2.12. The predicted molar refractivity (Wildman–Crippen MR) is 83.7 cm³/mol. The molecule has 6 heteroatoms. The first-order valence-electron chi connectivity index (χ1n) is 6.93. The molecule has 0 saturated heterocycles. The second-order valence-corrected chi connectivity index (χ2v) is 5.25. The van der Waals surface area contributed by atoms with E-state index >= 15 is 0 Å². The van der Waals surface area contributed by atoms with E-state index in [-0.39, 0.29) is 30.8 Å². The highest BCUT2D eigenvalue weighted by atomic mass is 35.5. The van der Waals surface area contributed by atoms with Crippen LogP contribution in [0.4, 0.5) is 0 Å². The SMILES string of the molecule is C[C@@H](NC(=O)CCNC(=O)c1ccc(Cl)cc1)c1ccco1. The van der Waals surface area contributed by atoms with Crippen LogP contribution in [0.5, 0.6) is 0 Å². The van der Waals surface area contributed by atoms with Crippen LogP contribution in [0.3, 0.4) is 0 Å². The van der Waals surface area contributed by atoms with E-state index in [2.05, 4.69) is 10.6 Å². The molecule has 0 radical (unpaired) electrons. The minimum Gasteiger partial charge on any atom is -0.467 e. The summed E-state index contributed by atoms with van der Waals surface area (Å²) in [6.45, 7) is 2.10. The van der Waals surface area contributed by atoms with Crippen molar-refractivity contribution in [2.45, 2.75) is 19.4 Å². The van der Waals surface area contributed by atoms with E-state index in [0.29, 0.717) is 16.3 Å². The molecule has 0 aliphatic rings. The van der Waals surface area contributed by atoms with Crippen LogP contribution in [-0.2, 0) is 4.79 Å². The first-order chi connectivity index (χ1) is 10.6. The molecular formula is C16H17ClN2O3. The third-order valence-corrected chi connectivity index (χ3v) is 3.34. The molecule has 2 rings (SSSR count). The van der Waals surface area contributed by atoms with Crippen LogP contribution in [0.2, 0.25) is 5.02 Å². The number of amides is 2. The summed E-state index contributed by atoms with van der Waals surface area (Å²) in [5.74, 6) is 0.308. The van der Waals surface area contributed by atoms with E-state index in [4.69, 9.17) is 16.0 Å². The number of benzene rings is 1. The maximum absolute atomic E-state index is 11.8. The van der Waals surface area contributed by atoms with Crippen molar-refractivity contribution in [2.75, 3.05) is 6.54 Å². The standard InChI is InChI=1S/C16H17ClN2O3/c1-11(14-3-2-10-22-14)19-15(20)8-9-18-16(21)12-4-6-13(17)7-5-12/h2-7,10-11H,8-9H2,1H3,(H,18,21)(H,19,20)/t11-/m1/s1. The number of carbonyl (C=O) groups is 2. The largest absolute Gasteiger partial charge is 0.467 e. The van der Waals surface area contributed by atoms with E-state index < -0.39 is 0 Å². The average molecular weight is 321 g/mol. The Morgan fingerprint density at radius 1 is 1.23 bits per heavy atom. The quantitative estimate of drug-likeness (QED) is 0.859. The predicted octanol–water partition coefficient (Wildman–Crippen LogP) is 2.93. The lowest BCUT2D eigenvalue weighted by molar-refractivity contribution is -0.121. The third kappa shape index (κ3) is 4.63. The van der Waals surface area contributed by atoms with Gasteiger partial charge in [-0.25, -0.2) is 0 Å². The first-order valence-corrected chi connectivity index (χ1v) is 7.30. The second-order valence-electron chi connectivity index (χ2n) is 4.82. The van der Waals surface area contributed by atoms with Gasteiger partial charge >= 0.3 is 0 Å². The molecule has 1 aromatic heterocycles. The van der Waals surface area contributed by atoms with Crippen LogP contribution in [0.1, 0.15) is 35.5 Å². The molecule has 0 aliphatic heterocycles. The summed E-state index contributed by atoms with van der Waals surface area (Å²) >= 11 is 5.76. The van der Waals surface area contributed by atoms with Gasteiger partial charge in [0, 0.05) is 23.6 Å². The molecule has 0 spiro atoms. The summed E-state index contributed by atoms with van der Waals surface area (Å²) in [7, 11) is 0. The molecule has 116 valence electrons. The van der Waals surface area contributed by atoms with Gasteiger partial charge in [-0.2, -0.15) is 0 Å². The van der Waals surface area contributed by atoms with Gasteiger partial charge in [-0.3, -0.25) is 9.59 Å². The molecule has 0 saturated carbocycles. The van der Waals surface area contributed by atoms with E-state index in [1.54, 1.807) is 42.7 Å². The summed E-state index contributed by atoms with van der Waals surface area (Å²) in [5, 5.41) is 6.06. The van der Waals surface area contributed by atoms with Crippen LogP contribution >= 0.6 is 11.6 Å². The molecule has 0 aliphatic carbocycles. The first kappa shape index (κ1) is 16.1. The Kier molecular flexibility index (Phi) is 5.61. The van der Waals surface area contributed by atoms with Crippen molar-refractivity contribution >= 4 is 23.4 Å². The molecular weight excluding hydrogens is 304 g/mol. The fourth-order valence-corrected chi connectivity index (χ4v) is 2.04. The maximum Gasteiger partial charge on any atom is 0.251 e. The molecule has 1 heterocycles. The van der Waals surface area contributed by atoms with Crippen molar-refractivity contribution in [3.05, 3.63) is 59.0 Å². The van der Waals surface area contributed by atoms with Crippen molar-refractivity contribution in [1.82, 2.24) is 10.6 Å². The second kappa shape index (κ2) is 7.66. The fraction of sp³-hybridized carbons (Fsp3) is 0.250. The van der Waals surface area contributed by atoms with Gasteiger partial charge in [0.25, 0.3) is 5.91 Å². The number of halogens is 1. The molecule has 5 nitrogen and oxygen atoms in total. The molecule has 1 atom stereocenters. The number of carbonyl (C=O) groups excluding carboxylic acids is 2. The molecule has 22 heavy (non-hydrogen) atoms. The summed E-state index contributed by atoms with van der Waals surface area (Å²) in [5.41, 5.74) is 0.508. The molecule has 2 N–H and O–H groups in total. The molecule has 1 aromatic carbocycles. The molecule has 0 fully saturated rings. The van der Waals surface area contributed by atoms with Gasteiger partial charge in [-0.1, -0.05) is 11.6 Å². The van der Waals surface area contributed by atoms with Crippen LogP contribution in [0.25, 0.3) is 0 Å². The summed E-state index contributed by atoms with van der Waals surface area (Å²) in [6, 6.07) is 9.93. The zero-order valence-electron chi connectivity index (χ0n) is 12.1. The van der Waals surface area contributed by atoms with Gasteiger partial charge in [-0.05, 0) is 43.3 Å². The lowest BCUT2D eigenvalue weighted by atomic mass is 10.2. The molecule has 2 aromatic rings. The normalized spacial score (nSPS) is 11.7. The topological polar surface area (TPSA) is 71.3 Å². The van der Waals surface area contributed by atoms with Crippen LogP contribution in [0, 0.1) is 0 Å². The van der Waals surface area contributed by atoms with Crippen LogP contribution in [-0.4, -0.2) is 18.4 Å². The Labute approximate surface area is 133 Å². The maximum atomic E-state index is 11.8. The highest BCUT2D eigenvalue weighted by Gasteiger charge is 2.12. The number of rotatable bonds is 6. The van der Waals surface area contributed by atoms with E-state index in [1.165, 1.54) is 0 Å². The van der Waals surface area contributed by atoms with E-state index in [1.807, 2.05) is 6.92 Å². The minimum atomic E-state index is -0.233. The number of nitrogens with one attached hydrogen (secondary N) is 2. The Morgan fingerprint density at radius 3 is 2.59 bits per heavy atom. The smallest absolute Gasteiger partial charge is 0.251 e. The van der Waals surface area contributed by atoms with Gasteiger partial charge < -0.3 is 15.1 Å². The highest BCUT2D eigenvalue weighted by molar-refractivity contribution is 6.30. The van der Waals surface area contributed by atoms with E-state index in [9.17, 15) is 9.59 Å². The monoisotopic (exact) mass is 320 g/mol. The third-order valence-electron chi connectivity index (χ3n) is 3.09. The molecule has 0 bridgehead atoms. The van der Waals surface area contributed by atoms with Gasteiger partial charge in [-0.15, -0.1) is 0 Å². The van der Waals surface area contributed by atoms with Crippen molar-refractivity contribution < 1.29 is 14.0 Å². The summed E-state index contributed by atoms with van der Waals surface area (Å²) < 4.78 is 5.21. The fourth-order valence-electron chi connectivity index (χ4n) is 1.92. The van der Waals surface area contributed by atoms with Crippen LogP contribution < -0.4 is 10.6 Å². The lowest BCUT2D eigenvalue weighted by Crippen LogP contribution is -2.31. The minimum absolute atomic E-state index is 0.152.